The topological polar surface area (TPSA) is 237 Å². The summed E-state index contributed by atoms with van der Waals surface area (Å²) in [5, 5.41) is 10.5. The summed E-state index contributed by atoms with van der Waals surface area (Å²) in [5.41, 5.74) is 0. The van der Waals surface area contributed by atoms with Gasteiger partial charge in [-0.3, -0.25) is 37.3 Å². The van der Waals surface area contributed by atoms with Crippen LogP contribution in [0.4, 0.5) is 0 Å². The van der Waals surface area contributed by atoms with E-state index in [2.05, 4.69) is 34.6 Å². The average molecular weight is 1240 g/mol. The van der Waals surface area contributed by atoms with Gasteiger partial charge in [0.25, 0.3) is 0 Å². The number of phosphoric acid groups is 2. The SMILES string of the molecule is CCCCCCCCCCCCCCCCC(=O)O[C@H](COC(=O)CCCCCCCCCCCCC(C)C)COP(=O)(O)OC[C@@H](O)COP(=O)(O)OC[C@@H](COC(=O)CCCCCCC)OC(=O)CCCCCCCCCCCCCC. The Kier molecular flexibility index (Phi) is 57.4. The van der Waals surface area contributed by atoms with Gasteiger partial charge in [0.05, 0.1) is 26.4 Å². The highest BCUT2D eigenvalue weighted by Crippen LogP contribution is 2.45. The number of aliphatic hydroxyl groups is 1. The van der Waals surface area contributed by atoms with E-state index in [4.69, 9.17) is 37.0 Å². The van der Waals surface area contributed by atoms with Crippen LogP contribution in [-0.2, 0) is 65.4 Å². The van der Waals surface area contributed by atoms with Crippen molar-refractivity contribution >= 4 is 39.5 Å². The number of carbonyl (C=O) groups is 4. The molecule has 17 nitrogen and oxygen atoms in total. The summed E-state index contributed by atoms with van der Waals surface area (Å²) < 4.78 is 67.9. The molecule has 3 N–H and O–H groups in total. The molecule has 0 aliphatic rings. The van der Waals surface area contributed by atoms with Crippen molar-refractivity contribution < 1.29 is 80.2 Å². The van der Waals surface area contributed by atoms with Gasteiger partial charge < -0.3 is 33.8 Å². The maximum atomic E-state index is 13.0. The highest BCUT2D eigenvalue weighted by atomic mass is 31.2. The van der Waals surface area contributed by atoms with Crippen LogP contribution in [0.3, 0.4) is 0 Å². The second kappa shape index (κ2) is 58.7. The zero-order chi connectivity index (χ0) is 62.0. The maximum absolute atomic E-state index is 13.0. The second-order valence-corrected chi connectivity index (χ2v) is 26.9. The van der Waals surface area contributed by atoms with Gasteiger partial charge in [0, 0.05) is 25.7 Å². The molecule has 0 fully saturated rings. The van der Waals surface area contributed by atoms with Crippen LogP contribution in [0.25, 0.3) is 0 Å². The van der Waals surface area contributed by atoms with E-state index in [9.17, 15) is 43.2 Å². The number of ether oxygens (including phenoxy) is 4. The van der Waals surface area contributed by atoms with Crippen LogP contribution < -0.4 is 0 Å². The van der Waals surface area contributed by atoms with Crippen LogP contribution in [0, 0.1) is 5.92 Å². The Balaban J connectivity index is 5.17. The molecule has 0 aromatic carbocycles. The maximum Gasteiger partial charge on any atom is 0.472 e. The van der Waals surface area contributed by atoms with Crippen molar-refractivity contribution in [3.63, 3.8) is 0 Å². The van der Waals surface area contributed by atoms with E-state index < -0.39 is 97.5 Å². The average Bonchev–Trinajstić information content (AvgIpc) is 3.56. The molecular formula is C65H126O17P2. The number of aliphatic hydroxyl groups excluding tert-OH is 1. The van der Waals surface area contributed by atoms with Crippen LogP contribution >= 0.6 is 15.6 Å². The molecule has 84 heavy (non-hydrogen) atoms. The molecule has 0 aliphatic heterocycles. The molecule has 0 amide bonds. The second-order valence-electron chi connectivity index (χ2n) is 24.0. The van der Waals surface area contributed by atoms with Crippen LogP contribution in [0.2, 0.25) is 0 Å². The molecular weight excluding hydrogens is 1110 g/mol. The molecule has 5 atom stereocenters. The first-order chi connectivity index (χ1) is 40.5. The van der Waals surface area contributed by atoms with Crippen molar-refractivity contribution in [3.05, 3.63) is 0 Å². The fraction of sp³-hybridized carbons (Fsp3) is 0.938. The highest BCUT2D eigenvalue weighted by Gasteiger charge is 2.30. The Morgan fingerprint density at radius 1 is 0.321 bits per heavy atom. The third kappa shape index (κ3) is 59.0. The standard InChI is InChI=1S/C65H126O17P2/c1-6-9-12-15-17-19-21-23-24-26-32-36-41-46-51-65(70)82-61(55-76-63(68)49-44-39-34-30-28-27-29-33-38-42-47-58(4)5)57-80-84(73,74)78-53-59(66)52-77-83(71,72)79-56-60(54-75-62(67)48-43-37-14-11-8-3)81-64(69)50-45-40-35-31-25-22-20-18-16-13-10-7-2/h58-61,66H,6-57H2,1-5H3,(H,71,72)(H,73,74)/t59-,60+,61+/m0/s1. The number of carbonyl (C=O) groups excluding carboxylic acids is 4. The lowest BCUT2D eigenvalue weighted by Crippen LogP contribution is -2.30. The monoisotopic (exact) mass is 1240 g/mol. The van der Waals surface area contributed by atoms with Gasteiger partial charge in [-0.15, -0.1) is 0 Å². The van der Waals surface area contributed by atoms with Crippen molar-refractivity contribution in [2.75, 3.05) is 39.6 Å². The van der Waals surface area contributed by atoms with Gasteiger partial charge in [0.1, 0.15) is 19.3 Å². The van der Waals surface area contributed by atoms with Crippen molar-refractivity contribution in [1.29, 1.82) is 0 Å². The molecule has 0 rings (SSSR count). The zero-order valence-electron chi connectivity index (χ0n) is 54.0. The molecule has 0 saturated carbocycles. The number of hydrogen-bond donors (Lipinski definition) is 3. The largest absolute Gasteiger partial charge is 0.472 e. The molecule has 0 saturated heterocycles. The Hall–Kier alpha value is -1.94. The van der Waals surface area contributed by atoms with Crippen molar-refractivity contribution in [3.8, 4) is 0 Å². The lowest BCUT2D eigenvalue weighted by Gasteiger charge is -2.21. The van der Waals surface area contributed by atoms with E-state index in [0.29, 0.717) is 25.7 Å². The summed E-state index contributed by atoms with van der Waals surface area (Å²) >= 11 is 0. The highest BCUT2D eigenvalue weighted by molar-refractivity contribution is 7.47. The summed E-state index contributed by atoms with van der Waals surface area (Å²) in [6.07, 6.45) is 43.3. The molecule has 2 unspecified atom stereocenters. The first kappa shape index (κ1) is 82.1. The predicted octanol–water partition coefficient (Wildman–Crippen LogP) is 18.2. The summed E-state index contributed by atoms with van der Waals surface area (Å²) in [5.74, 6) is -1.38. The lowest BCUT2D eigenvalue weighted by atomic mass is 10.0. The minimum atomic E-state index is -4.94. The number of unbranched alkanes of at least 4 members (excludes halogenated alkanes) is 37. The van der Waals surface area contributed by atoms with Gasteiger partial charge in [0.15, 0.2) is 12.2 Å². The van der Waals surface area contributed by atoms with Crippen molar-refractivity contribution in [2.24, 2.45) is 5.92 Å². The molecule has 0 aromatic heterocycles. The molecule has 0 radical (unpaired) electrons. The van der Waals surface area contributed by atoms with Crippen LogP contribution in [0.1, 0.15) is 330 Å². The molecule has 0 heterocycles. The van der Waals surface area contributed by atoms with Gasteiger partial charge >= 0.3 is 39.5 Å². The minimum Gasteiger partial charge on any atom is -0.462 e. The van der Waals surface area contributed by atoms with E-state index in [1.54, 1.807) is 0 Å². The summed E-state index contributed by atoms with van der Waals surface area (Å²) in [4.78, 5) is 72.1. The van der Waals surface area contributed by atoms with Gasteiger partial charge in [0.2, 0.25) is 0 Å². The minimum absolute atomic E-state index is 0.106. The summed E-state index contributed by atoms with van der Waals surface area (Å²) in [7, 11) is -9.88. The fourth-order valence-corrected chi connectivity index (χ4v) is 11.3. The number of phosphoric ester groups is 2. The molecule has 0 bridgehead atoms. The smallest absolute Gasteiger partial charge is 0.462 e. The Labute approximate surface area is 511 Å². The molecule has 0 spiro atoms. The zero-order valence-corrected chi connectivity index (χ0v) is 55.8. The first-order valence-corrected chi connectivity index (χ1v) is 37.1. The number of rotatable bonds is 65. The predicted molar refractivity (Wildman–Crippen MR) is 335 cm³/mol. The Morgan fingerprint density at radius 3 is 0.810 bits per heavy atom. The summed E-state index contributed by atoms with van der Waals surface area (Å²) in [6, 6.07) is 0. The van der Waals surface area contributed by atoms with Gasteiger partial charge in [-0.05, 0) is 31.6 Å². The Bertz CT molecular complexity index is 1640. The molecule has 0 aromatic rings. The fourth-order valence-electron chi connectivity index (χ4n) is 9.76. The van der Waals surface area contributed by atoms with Crippen LogP contribution in [-0.4, -0.2) is 96.7 Å². The first-order valence-electron chi connectivity index (χ1n) is 34.1. The third-order valence-electron chi connectivity index (χ3n) is 15.0. The molecule has 0 aliphatic carbocycles. The van der Waals surface area contributed by atoms with E-state index in [-0.39, 0.29) is 25.7 Å². The Morgan fingerprint density at radius 2 is 0.548 bits per heavy atom. The quantitative estimate of drug-likeness (QED) is 0.0222. The van der Waals surface area contributed by atoms with Crippen LogP contribution in [0.5, 0.6) is 0 Å². The van der Waals surface area contributed by atoms with Gasteiger partial charge in [-0.25, -0.2) is 9.13 Å². The van der Waals surface area contributed by atoms with E-state index >= 15 is 0 Å². The molecule has 19 heteroatoms. The van der Waals surface area contributed by atoms with E-state index in [0.717, 1.165) is 102 Å². The lowest BCUT2D eigenvalue weighted by molar-refractivity contribution is -0.161. The normalized spacial score (nSPS) is 14.2. The van der Waals surface area contributed by atoms with Gasteiger partial charge in [-0.2, -0.15) is 0 Å². The van der Waals surface area contributed by atoms with Gasteiger partial charge in [-0.1, -0.05) is 279 Å². The van der Waals surface area contributed by atoms with Crippen molar-refractivity contribution in [1.82, 2.24) is 0 Å². The van der Waals surface area contributed by atoms with E-state index in [1.807, 2.05) is 0 Å². The summed E-state index contributed by atoms with van der Waals surface area (Å²) in [6.45, 7) is 7.12. The third-order valence-corrected chi connectivity index (χ3v) is 16.9. The number of hydrogen-bond acceptors (Lipinski definition) is 15. The van der Waals surface area contributed by atoms with Crippen molar-refractivity contribution in [2.45, 2.75) is 348 Å². The van der Waals surface area contributed by atoms with Crippen LogP contribution in [0.15, 0.2) is 0 Å². The number of esters is 4. The molecule has 498 valence electrons. The van der Waals surface area contributed by atoms with E-state index in [1.165, 1.54) is 148 Å².